The Labute approximate surface area is 129 Å². The monoisotopic (exact) mass is 301 g/mol. The fourth-order valence-electron chi connectivity index (χ4n) is 2.71. The van der Waals surface area contributed by atoms with Gasteiger partial charge >= 0.3 is 0 Å². The second-order valence-electron chi connectivity index (χ2n) is 5.40. The highest BCUT2D eigenvalue weighted by Gasteiger charge is 2.21. The van der Waals surface area contributed by atoms with Crippen molar-refractivity contribution in [3.05, 3.63) is 36.3 Å². The lowest BCUT2D eigenvalue weighted by Gasteiger charge is -2.26. The lowest BCUT2D eigenvalue weighted by atomic mass is 9.84. The Bertz CT molecular complexity index is 596. The van der Waals surface area contributed by atoms with Crippen LogP contribution in [0.15, 0.2) is 30.7 Å². The van der Waals surface area contributed by atoms with Crippen LogP contribution in [0.5, 0.6) is 0 Å². The van der Waals surface area contributed by atoms with Gasteiger partial charge in [-0.15, -0.1) is 0 Å². The zero-order valence-electron chi connectivity index (χ0n) is 11.7. The Morgan fingerprint density at radius 3 is 2.52 bits per heavy atom. The fraction of sp³-hybridized carbons (Fsp3) is 0.400. The van der Waals surface area contributed by atoms with Gasteiger partial charge in [0.2, 0.25) is 5.95 Å². The normalized spacial score (nSPS) is 22.0. The van der Waals surface area contributed by atoms with Gasteiger partial charge in [-0.25, -0.2) is 15.0 Å². The summed E-state index contributed by atoms with van der Waals surface area (Å²) in [7, 11) is 0. The van der Waals surface area contributed by atoms with Crippen LogP contribution in [0.2, 0.25) is 0 Å². The maximum atomic E-state index is 5.95. The SMILES string of the molecule is Nc1ncc(C2CCC(S)CC2)cc1Nc1ncccn1. The van der Waals surface area contributed by atoms with Crippen molar-refractivity contribution in [1.82, 2.24) is 15.0 Å². The van der Waals surface area contributed by atoms with Crippen molar-refractivity contribution >= 4 is 30.1 Å². The molecule has 0 atom stereocenters. The van der Waals surface area contributed by atoms with Crippen LogP contribution in [-0.2, 0) is 0 Å². The van der Waals surface area contributed by atoms with Gasteiger partial charge in [-0.3, -0.25) is 0 Å². The molecule has 6 heteroatoms. The highest BCUT2D eigenvalue weighted by atomic mass is 32.1. The second-order valence-corrected chi connectivity index (χ2v) is 6.13. The molecule has 0 aromatic carbocycles. The molecule has 21 heavy (non-hydrogen) atoms. The molecule has 2 aromatic rings. The van der Waals surface area contributed by atoms with Gasteiger partial charge in [0.25, 0.3) is 0 Å². The Hall–Kier alpha value is -1.82. The number of pyridine rings is 1. The van der Waals surface area contributed by atoms with E-state index in [0.717, 1.165) is 31.4 Å². The summed E-state index contributed by atoms with van der Waals surface area (Å²) in [4.78, 5) is 12.6. The van der Waals surface area contributed by atoms with Gasteiger partial charge in [-0.1, -0.05) is 0 Å². The quantitative estimate of drug-likeness (QED) is 0.759. The number of nitrogens with zero attached hydrogens (tertiary/aromatic N) is 3. The molecule has 0 amide bonds. The summed E-state index contributed by atoms with van der Waals surface area (Å²) in [5.74, 6) is 1.54. The van der Waals surface area contributed by atoms with E-state index in [1.54, 1.807) is 18.5 Å². The van der Waals surface area contributed by atoms with Crippen molar-refractivity contribution in [1.29, 1.82) is 0 Å². The molecule has 0 bridgehead atoms. The van der Waals surface area contributed by atoms with Crippen LogP contribution in [0.3, 0.4) is 0 Å². The van der Waals surface area contributed by atoms with Crippen LogP contribution < -0.4 is 11.1 Å². The molecule has 3 N–H and O–H groups in total. The molecule has 3 rings (SSSR count). The fourth-order valence-corrected chi connectivity index (χ4v) is 3.01. The molecule has 0 saturated heterocycles. The van der Waals surface area contributed by atoms with E-state index < -0.39 is 0 Å². The average Bonchev–Trinajstić information content (AvgIpc) is 2.51. The summed E-state index contributed by atoms with van der Waals surface area (Å²) in [6, 6.07) is 3.85. The van der Waals surface area contributed by atoms with E-state index in [1.807, 2.05) is 6.20 Å². The molecule has 0 unspecified atom stereocenters. The summed E-state index contributed by atoms with van der Waals surface area (Å²) >= 11 is 4.55. The molecule has 1 saturated carbocycles. The van der Waals surface area contributed by atoms with Crippen LogP contribution in [0.25, 0.3) is 0 Å². The van der Waals surface area contributed by atoms with Crippen molar-refractivity contribution in [3.8, 4) is 0 Å². The van der Waals surface area contributed by atoms with Gasteiger partial charge in [0, 0.05) is 23.8 Å². The van der Waals surface area contributed by atoms with Gasteiger partial charge in [-0.2, -0.15) is 12.6 Å². The Kier molecular flexibility index (Phi) is 4.24. The van der Waals surface area contributed by atoms with E-state index in [4.69, 9.17) is 5.73 Å². The van der Waals surface area contributed by atoms with Gasteiger partial charge in [0.05, 0.1) is 5.69 Å². The summed E-state index contributed by atoms with van der Waals surface area (Å²) in [6.45, 7) is 0. The Morgan fingerprint density at radius 1 is 1.10 bits per heavy atom. The first-order chi connectivity index (χ1) is 10.2. The minimum atomic E-state index is 0.467. The van der Waals surface area contributed by atoms with Gasteiger partial charge in [0.15, 0.2) is 0 Å². The summed E-state index contributed by atoms with van der Waals surface area (Å²) in [5.41, 5.74) is 7.94. The maximum absolute atomic E-state index is 5.95. The third-order valence-corrected chi connectivity index (χ3v) is 4.44. The molecule has 0 aliphatic heterocycles. The molecule has 5 nitrogen and oxygen atoms in total. The summed E-state index contributed by atoms with van der Waals surface area (Å²) < 4.78 is 0. The zero-order chi connectivity index (χ0) is 14.7. The molecular weight excluding hydrogens is 282 g/mol. The second kappa shape index (κ2) is 6.30. The first-order valence-electron chi connectivity index (χ1n) is 7.20. The number of nitrogens with two attached hydrogens (primary N) is 1. The smallest absolute Gasteiger partial charge is 0.227 e. The van der Waals surface area contributed by atoms with Crippen molar-refractivity contribution in [2.45, 2.75) is 36.9 Å². The van der Waals surface area contributed by atoms with Crippen LogP contribution in [0, 0.1) is 0 Å². The Balaban J connectivity index is 1.79. The molecule has 0 spiro atoms. The molecule has 0 radical (unpaired) electrons. The molecular formula is C15H19N5S. The summed E-state index contributed by atoms with van der Waals surface area (Å²) in [5, 5.41) is 3.68. The number of hydrogen-bond acceptors (Lipinski definition) is 6. The van der Waals surface area contributed by atoms with Gasteiger partial charge in [-0.05, 0) is 49.3 Å². The molecule has 1 aliphatic carbocycles. The number of thiol groups is 1. The number of nitrogen functional groups attached to an aromatic ring is 1. The zero-order valence-corrected chi connectivity index (χ0v) is 12.6. The predicted molar refractivity (Wildman–Crippen MR) is 87.9 cm³/mol. The molecule has 2 heterocycles. The van der Waals surface area contributed by atoms with E-state index in [9.17, 15) is 0 Å². The van der Waals surface area contributed by atoms with E-state index >= 15 is 0 Å². The number of rotatable bonds is 3. The standard InChI is InChI=1S/C15H19N5S/c16-14-13(20-15-17-6-1-7-18-15)8-11(9-19-14)10-2-4-12(21)5-3-10/h1,6-10,12,21H,2-5H2,(H2,16,19)(H,17,18,20). The van der Waals surface area contributed by atoms with Crippen LogP contribution >= 0.6 is 12.6 Å². The number of aromatic nitrogens is 3. The number of hydrogen-bond donors (Lipinski definition) is 3. The topological polar surface area (TPSA) is 76.7 Å². The van der Waals surface area contributed by atoms with Crippen LogP contribution in [-0.4, -0.2) is 20.2 Å². The minimum absolute atomic E-state index is 0.467. The number of anilines is 3. The maximum Gasteiger partial charge on any atom is 0.227 e. The third-order valence-electron chi connectivity index (χ3n) is 3.92. The largest absolute Gasteiger partial charge is 0.382 e. The summed E-state index contributed by atoms with van der Waals surface area (Å²) in [6.07, 6.45) is 9.89. The van der Waals surface area contributed by atoms with Crippen LogP contribution in [0.1, 0.15) is 37.2 Å². The van der Waals surface area contributed by atoms with E-state index in [-0.39, 0.29) is 0 Å². The molecule has 110 valence electrons. The van der Waals surface area contributed by atoms with Crippen molar-refractivity contribution in [2.75, 3.05) is 11.1 Å². The van der Waals surface area contributed by atoms with Crippen LogP contribution in [0.4, 0.5) is 17.5 Å². The minimum Gasteiger partial charge on any atom is -0.382 e. The highest BCUT2D eigenvalue weighted by Crippen LogP contribution is 2.36. The predicted octanol–water partition coefficient (Wildman–Crippen LogP) is 3.15. The van der Waals surface area contributed by atoms with Crippen molar-refractivity contribution in [3.63, 3.8) is 0 Å². The van der Waals surface area contributed by atoms with E-state index in [2.05, 4.69) is 39.0 Å². The lowest BCUT2D eigenvalue weighted by molar-refractivity contribution is 0.454. The molecule has 1 fully saturated rings. The van der Waals surface area contributed by atoms with Gasteiger partial charge < -0.3 is 11.1 Å². The first-order valence-corrected chi connectivity index (χ1v) is 7.71. The van der Waals surface area contributed by atoms with Crippen molar-refractivity contribution in [2.24, 2.45) is 0 Å². The first kappa shape index (κ1) is 14.1. The third kappa shape index (κ3) is 3.44. The van der Waals surface area contributed by atoms with Gasteiger partial charge in [0.1, 0.15) is 5.82 Å². The Morgan fingerprint density at radius 2 is 1.81 bits per heavy atom. The lowest BCUT2D eigenvalue weighted by Crippen LogP contribution is -2.13. The molecule has 1 aliphatic rings. The highest BCUT2D eigenvalue weighted by molar-refractivity contribution is 7.80. The molecule has 2 aromatic heterocycles. The van der Waals surface area contributed by atoms with Crippen molar-refractivity contribution < 1.29 is 0 Å². The van der Waals surface area contributed by atoms with E-state index in [1.165, 1.54) is 5.56 Å². The average molecular weight is 301 g/mol. The van der Waals surface area contributed by atoms with E-state index in [0.29, 0.717) is 22.9 Å². The number of nitrogens with one attached hydrogen (secondary N) is 1.